The fourth-order valence-corrected chi connectivity index (χ4v) is 5.02. The molecule has 0 saturated carbocycles. The number of halogens is 2. The van der Waals surface area contributed by atoms with Gasteiger partial charge in [-0.3, -0.25) is 4.40 Å². The van der Waals surface area contributed by atoms with Crippen LogP contribution in [0.2, 0.25) is 5.15 Å². The molecule has 1 aliphatic rings. The van der Waals surface area contributed by atoms with Gasteiger partial charge in [0.1, 0.15) is 11.5 Å². The van der Waals surface area contributed by atoms with Crippen LogP contribution in [0.15, 0.2) is 47.6 Å². The van der Waals surface area contributed by atoms with Crippen molar-refractivity contribution in [2.24, 2.45) is 0 Å². The van der Waals surface area contributed by atoms with Gasteiger partial charge in [0.25, 0.3) is 10.0 Å². The zero-order valence-electron chi connectivity index (χ0n) is 12.4. The van der Waals surface area contributed by atoms with Gasteiger partial charge in [0.05, 0.1) is 0 Å². The van der Waals surface area contributed by atoms with E-state index in [0.29, 0.717) is 24.1 Å². The molecule has 0 bridgehead atoms. The second-order valence-electron chi connectivity index (χ2n) is 5.69. The maximum atomic E-state index is 13.5. The summed E-state index contributed by atoms with van der Waals surface area (Å²) in [5.41, 5.74) is 2.07. The van der Waals surface area contributed by atoms with Crippen LogP contribution in [-0.4, -0.2) is 17.8 Å². The number of rotatable bonds is 3. The van der Waals surface area contributed by atoms with Crippen LogP contribution < -0.4 is 4.72 Å². The Morgan fingerprint density at radius 1 is 1.29 bits per heavy atom. The summed E-state index contributed by atoms with van der Waals surface area (Å²) in [6.07, 6.45) is 2.86. The van der Waals surface area contributed by atoms with Gasteiger partial charge in [0, 0.05) is 12.2 Å². The molecule has 0 radical (unpaired) electrons. The van der Waals surface area contributed by atoms with Crippen LogP contribution in [0, 0.1) is 5.82 Å². The lowest BCUT2D eigenvalue weighted by atomic mass is 10.1. The smallest absolute Gasteiger partial charge is 0.260 e. The first-order valence-electron chi connectivity index (χ1n) is 7.39. The van der Waals surface area contributed by atoms with Crippen molar-refractivity contribution in [3.63, 3.8) is 0 Å². The van der Waals surface area contributed by atoms with Gasteiger partial charge in [-0.15, -0.1) is 0 Å². The van der Waals surface area contributed by atoms with Crippen LogP contribution in [0.1, 0.15) is 23.6 Å². The van der Waals surface area contributed by atoms with Crippen LogP contribution in [0.5, 0.6) is 0 Å². The van der Waals surface area contributed by atoms with Gasteiger partial charge in [0.15, 0.2) is 10.2 Å². The monoisotopic (exact) mass is 365 g/mol. The Kier molecular flexibility index (Phi) is 3.59. The summed E-state index contributed by atoms with van der Waals surface area (Å²) in [5, 5.41) is -0.198. The molecule has 0 fully saturated rings. The standard InChI is InChI=1S/C16H13ClFN3O2S/c17-15-16(21-8-2-1-3-14(21)19-15)24(22,23)20-13-7-5-10-4-6-11(18)9-12(10)13/h1-4,6,8-9,13,20H,5,7H2. The Morgan fingerprint density at radius 3 is 2.96 bits per heavy atom. The molecule has 2 heterocycles. The highest BCUT2D eigenvalue weighted by Crippen LogP contribution is 2.33. The molecule has 0 aliphatic heterocycles. The maximum absolute atomic E-state index is 13.5. The number of hydrogen-bond acceptors (Lipinski definition) is 3. The average molecular weight is 366 g/mol. The summed E-state index contributed by atoms with van der Waals surface area (Å²) in [5.74, 6) is -0.382. The molecule has 1 aliphatic carbocycles. The van der Waals surface area contributed by atoms with Crippen molar-refractivity contribution in [1.29, 1.82) is 0 Å². The molecule has 1 unspecified atom stereocenters. The molecule has 4 rings (SSSR count). The van der Waals surface area contributed by atoms with Gasteiger partial charge in [0.2, 0.25) is 0 Å². The van der Waals surface area contributed by atoms with E-state index in [1.807, 2.05) is 0 Å². The number of fused-ring (bicyclic) bond motifs is 2. The SMILES string of the molecule is O=S(=O)(NC1CCc2ccc(F)cc21)c1c(Cl)nc2ccccn12. The first-order chi connectivity index (χ1) is 11.5. The lowest BCUT2D eigenvalue weighted by molar-refractivity contribution is 0.548. The molecular formula is C16H13ClFN3O2S. The van der Waals surface area contributed by atoms with Crippen LogP contribution in [-0.2, 0) is 16.4 Å². The minimum Gasteiger partial charge on any atom is -0.288 e. The zero-order valence-corrected chi connectivity index (χ0v) is 14.0. The zero-order chi connectivity index (χ0) is 16.9. The van der Waals surface area contributed by atoms with Crippen molar-refractivity contribution < 1.29 is 12.8 Å². The van der Waals surface area contributed by atoms with Crippen LogP contribution in [0.25, 0.3) is 5.65 Å². The van der Waals surface area contributed by atoms with Crippen LogP contribution in [0.3, 0.4) is 0 Å². The minimum absolute atomic E-state index is 0.0915. The summed E-state index contributed by atoms with van der Waals surface area (Å²) in [6.45, 7) is 0. The van der Waals surface area contributed by atoms with Crippen molar-refractivity contribution in [3.05, 3.63) is 64.7 Å². The molecule has 124 valence electrons. The van der Waals surface area contributed by atoms with Crippen LogP contribution in [0.4, 0.5) is 4.39 Å². The molecule has 0 spiro atoms. The van der Waals surface area contributed by atoms with Crippen molar-refractivity contribution >= 4 is 27.3 Å². The van der Waals surface area contributed by atoms with E-state index in [-0.39, 0.29) is 16.0 Å². The molecule has 2 aromatic heterocycles. The predicted molar refractivity (Wildman–Crippen MR) is 88.0 cm³/mol. The van der Waals surface area contributed by atoms with E-state index in [0.717, 1.165) is 5.56 Å². The summed E-state index contributed by atoms with van der Waals surface area (Å²) < 4.78 is 43.2. The Hall–Kier alpha value is -1.96. The molecule has 1 N–H and O–H groups in total. The topological polar surface area (TPSA) is 63.5 Å². The van der Waals surface area contributed by atoms with Gasteiger partial charge >= 0.3 is 0 Å². The first kappa shape index (κ1) is 15.6. The molecule has 0 amide bonds. The molecular weight excluding hydrogens is 353 g/mol. The van der Waals surface area contributed by atoms with E-state index in [4.69, 9.17) is 11.6 Å². The normalized spacial score (nSPS) is 17.3. The molecule has 0 saturated heterocycles. The summed E-state index contributed by atoms with van der Waals surface area (Å²) in [7, 11) is -3.92. The average Bonchev–Trinajstić information content (AvgIpc) is 3.07. The molecule has 5 nitrogen and oxygen atoms in total. The van der Waals surface area contributed by atoms with E-state index in [2.05, 4.69) is 9.71 Å². The van der Waals surface area contributed by atoms with E-state index < -0.39 is 16.1 Å². The number of aromatic nitrogens is 2. The lowest BCUT2D eigenvalue weighted by Crippen LogP contribution is -2.28. The van der Waals surface area contributed by atoms with Gasteiger partial charge < -0.3 is 0 Å². The van der Waals surface area contributed by atoms with Gasteiger partial charge in [-0.1, -0.05) is 23.7 Å². The minimum atomic E-state index is -3.92. The number of nitrogens with zero attached hydrogens (tertiary/aromatic N) is 2. The summed E-state index contributed by atoms with van der Waals surface area (Å²) in [6, 6.07) is 9.10. The van der Waals surface area contributed by atoms with E-state index in [9.17, 15) is 12.8 Å². The Balaban J connectivity index is 1.75. The van der Waals surface area contributed by atoms with Crippen molar-refractivity contribution in [2.45, 2.75) is 23.9 Å². The third-order valence-corrected chi connectivity index (χ3v) is 6.05. The fourth-order valence-electron chi connectivity index (χ4n) is 3.12. The predicted octanol–water partition coefficient (Wildman–Crippen LogP) is 3.09. The Morgan fingerprint density at radius 2 is 2.12 bits per heavy atom. The molecule has 1 atom stereocenters. The lowest BCUT2D eigenvalue weighted by Gasteiger charge is -2.14. The van der Waals surface area contributed by atoms with Gasteiger partial charge in [-0.2, -0.15) is 0 Å². The van der Waals surface area contributed by atoms with E-state index in [1.54, 1.807) is 30.5 Å². The highest BCUT2D eigenvalue weighted by Gasteiger charge is 2.31. The summed E-state index contributed by atoms with van der Waals surface area (Å²) in [4.78, 5) is 4.06. The Labute approximate surface area is 143 Å². The summed E-state index contributed by atoms with van der Waals surface area (Å²) >= 11 is 6.05. The van der Waals surface area contributed by atoms with Crippen molar-refractivity contribution in [1.82, 2.24) is 14.1 Å². The fraction of sp³-hybridized carbons (Fsp3) is 0.188. The molecule has 8 heteroatoms. The third kappa shape index (κ3) is 2.49. The first-order valence-corrected chi connectivity index (χ1v) is 9.25. The number of benzene rings is 1. The maximum Gasteiger partial charge on any atom is 0.260 e. The number of sulfonamides is 1. The van der Waals surface area contributed by atoms with E-state index in [1.165, 1.54) is 16.5 Å². The number of nitrogens with one attached hydrogen (secondary N) is 1. The van der Waals surface area contributed by atoms with Gasteiger partial charge in [-0.25, -0.2) is 22.5 Å². The van der Waals surface area contributed by atoms with E-state index >= 15 is 0 Å². The van der Waals surface area contributed by atoms with Crippen molar-refractivity contribution in [2.75, 3.05) is 0 Å². The number of pyridine rings is 1. The number of imidazole rings is 1. The third-order valence-electron chi connectivity index (χ3n) is 4.18. The van der Waals surface area contributed by atoms with Crippen molar-refractivity contribution in [3.8, 4) is 0 Å². The second kappa shape index (κ2) is 5.54. The molecule has 24 heavy (non-hydrogen) atoms. The van der Waals surface area contributed by atoms with Crippen LogP contribution >= 0.6 is 11.6 Å². The van der Waals surface area contributed by atoms with Gasteiger partial charge in [-0.05, 0) is 48.2 Å². The largest absolute Gasteiger partial charge is 0.288 e. The number of hydrogen-bond donors (Lipinski definition) is 1. The number of aryl methyl sites for hydroxylation is 1. The molecule has 1 aromatic carbocycles. The quantitative estimate of drug-likeness (QED) is 0.775. The highest BCUT2D eigenvalue weighted by molar-refractivity contribution is 7.89. The highest BCUT2D eigenvalue weighted by atomic mass is 35.5. The Bertz CT molecular complexity index is 1050. The molecule has 3 aromatic rings. The second-order valence-corrected chi connectivity index (χ2v) is 7.68.